The highest BCUT2D eigenvalue weighted by Crippen LogP contribution is 2.23. The van der Waals surface area contributed by atoms with Crippen LogP contribution in [0.3, 0.4) is 0 Å². The van der Waals surface area contributed by atoms with Crippen LogP contribution in [0.5, 0.6) is 0 Å². The molecule has 3 unspecified atom stereocenters. The lowest BCUT2D eigenvalue weighted by molar-refractivity contribution is -0.123. The van der Waals surface area contributed by atoms with E-state index in [1.807, 2.05) is 0 Å². The van der Waals surface area contributed by atoms with Gasteiger partial charge in [-0.15, -0.1) is 0 Å². The minimum atomic E-state index is 0.227. The minimum absolute atomic E-state index is 0.227. The number of amides is 1. The lowest BCUT2D eigenvalue weighted by Crippen LogP contribution is -2.51. The molecule has 0 spiro atoms. The Hall–Kier alpha value is -0.650. The number of piperazine rings is 1. The molecule has 0 radical (unpaired) electrons. The molecule has 24 heavy (non-hydrogen) atoms. The van der Waals surface area contributed by atoms with Gasteiger partial charge in [0.05, 0.1) is 6.54 Å². The van der Waals surface area contributed by atoms with Crippen molar-refractivity contribution >= 4 is 5.91 Å². The Labute approximate surface area is 147 Å². The van der Waals surface area contributed by atoms with Crippen LogP contribution in [0.25, 0.3) is 0 Å². The summed E-state index contributed by atoms with van der Waals surface area (Å²) in [5, 5.41) is 3.26. The second-order valence-electron chi connectivity index (χ2n) is 8.17. The predicted octanol–water partition coefficient (Wildman–Crippen LogP) is 1.73. The van der Waals surface area contributed by atoms with Crippen molar-refractivity contribution in [3.8, 4) is 0 Å². The molecule has 0 aromatic rings. The van der Waals surface area contributed by atoms with Crippen LogP contribution < -0.4 is 5.32 Å². The molecule has 1 N–H and O–H groups in total. The van der Waals surface area contributed by atoms with Crippen LogP contribution >= 0.6 is 0 Å². The topological polar surface area (TPSA) is 44.8 Å². The zero-order valence-corrected chi connectivity index (χ0v) is 15.3. The number of hydrogen-bond acceptors (Lipinski definition) is 4. The number of carbonyl (C=O) groups excluding carboxylic acids is 1. The molecule has 0 aromatic carbocycles. The fraction of sp³-hybridized carbons (Fsp3) is 0.947. The van der Waals surface area contributed by atoms with Crippen LogP contribution in [0, 0.1) is 11.8 Å². The zero-order valence-electron chi connectivity index (χ0n) is 15.3. The van der Waals surface area contributed by atoms with Gasteiger partial charge in [0.2, 0.25) is 5.91 Å². The van der Waals surface area contributed by atoms with E-state index in [1.165, 1.54) is 32.2 Å². The maximum Gasteiger partial charge on any atom is 0.234 e. The molecule has 3 atom stereocenters. The van der Waals surface area contributed by atoms with E-state index in [0.29, 0.717) is 12.6 Å². The van der Waals surface area contributed by atoms with Gasteiger partial charge in [-0.2, -0.15) is 0 Å². The molecule has 3 rings (SSSR count). The van der Waals surface area contributed by atoms with E-state index in [9.17, 15) is 4.79 Å². The van der Waals surface area contributed by atoms with Gasteiger partial charge in [0.25, 0.3) is 0 Å². The molecule has 3 aliphatic rings. The van der Waals surface area contributed by atoms with Crippen molar-refractivity contribution in [1.29, 1.82) is 0 Å². The maximum absolute atomic E-state index is 12.3. The Balaban J connectivity index is 1.29. The van der Waals surface area contributed by atoms with E-state index in [-0.39, 0.29) is 5.91 Å². The van der Waals surface area contributed by atoms with Gasteiger partial charge in [-0.25, -0.2) is 0 Å². The van der Waals surface area contributed by atoms with E-state index in [4.69, 9.17) is 4.74 Å². The van der Waals surface area contributed by atoms with Crippen LogP contribution in [0.2, 0.25) is 0 Å². The molecular weight excluding hydrogens is 302 g/mol. The molecule has 1 amide bonds. The Kier molecular flexibility index (Phi) is 6.93. The molecule has 5 nitrogen and oxygen atoms in total. The Morgan fingerprint density at radius 2 is 1.92 bits per heavy atom. The zero-order chi connectivity index (χ0) is 16.8. The number of carbonyl (C=O) groups is 1. The van der Waals surface area contributed by atoms with E-state index in [0.717, 1.165) is 64.1 Å². The van der Waals surface area contributed by atoms with Crippen molar-refractivity contribution in [2.45, 2.75) is 51.5 Å². The standard InChI is InChI=1S/C19H35N3O2/c1-16-3-2-4-18(13-16)20-19(23)14-22-10-8-21(9-11-22)7-5-17-6-12-24-15-17/h16-18H,2-15H2,1H3,(H,20,23). The average molecular weight is 338 g/mol. The third-order valence-electron chi connectivity index (χ3n) is 6.01. The summed E-state index contributed by atoms with van der Waals surface area (Å²) in [5.41, 5.74) is 0. The van der Waals surface area contributed by atoms with Crippen molar-refractivity contribution in [2.75, 3.05) is 52.5 Å². The van der Waals surface area contributed by atoms with Gasteiger partial charge in [0.1, 0.15) is 0 Å². The molecule has 1 saturated carbocycles. The smallest absolute Gasteiger partial charge is 0.234 e. The van der Waals surface area contributed by atoms with Crippen LogP contribution in [0.15, 0.2) is 0 Å². The fourth-order valence-corrected chi connectivity index (χ4v) is 4.39. The second-order valence-corrected chi connectivity index (χ2v) is 8.17. The molecule has 2 heterocycles. The van der Waals surface area contributed by atoms with Gasteiger partial charge in [0.15, 0.2) is 0 Å². The average Bonchev–Trinajstić information content (AvgIpc) is 3.07. The molecule has 3 fully saturated rings. The summed E-state index contributed by atoms with van der Waals surface area (Å²) in [6.07, 6.45) is 7.40. The molecule has 2 saturated heterocycles. The fourth-order valence-electron chi connectivity index (χ4n) is 4.39. The highest BCUT2D eigenvalue weighted by molar-refractivity contribution is 5.78. The predicted molar refractivity (Wildman–Crippen MR) is 96.0 cm³/mol. The second kappa shape index (κ2) is 9.16. The van der Waals surface area contributed by atoms with Gasteiger partial charge in [-0.3, -0.25) is 9.69 Å². The van der Waals surface area contributed by atoms with Gasteiger partial charge < -0.3 is 15.0 Å². The highest BCUT2D eigenvalue weighted by Gasteiger charge is 2.24. The molecule has 0 aromatic heterocycles. The molecule has 138 valence electrons. The van der Waals surface area contributed by atoms with Crippen molar-refractivity contribution < 1.29 is 9.53 Å². The normalized spacial score (nSPS) is 32.8. The maximum atomic E-state index is 12.3. The molecule has 5 heteroatoms. The Morgan fingerprint density at radius 3 is 2.62 bits per heavy atom. The first-order chi connectivity index (χ1) is 11.7. The largest absolute Gasteiger partial charge is 0.381 e. The van der Waals surface area contributed by atoms with Crippen molar-refractivity contribution in [3.63, 3.8) is 0 Å². The summed E-state index contributed by atoms with van der Waals surface area (Å²) in [7, 11) is 0. The molecule has 2 aliphatic heterocycles. The van der Waals surface area contributed by atoms with Crippen LogP contribution in [-0.4, -0.2) is 74.2 Å². The third kappa shape index (κ3) is 5.71. The van der Waals surface area contributed by atoms with Crippen molar-refractivity contribution in [2.24, 2.45) is 11.8 Å². The summed E-state index contributed by atoms with van der Waals surface area (Å²) < 4.78 is 5.46. The number of nitrogens with one attached hydrogen (secondary N) is 1. The summed E-state index contributed by atoms with van der Waals surface area (Å²) in [5.74, 6) is 1.76. The quantitative estimate of drug-likeness (QED) is 0.802. The minimum Gasteiger partial charge on any atom is -0.381 e. The first-order valence-electron chi connectivity index (χ1n) is 10.0. The lowest BCUT2D eigenvalue weighted by atomic mass is 9.87. The number of rotatable bonds is 6. The van der Waals surface area contributed by atoms with Gasteiger partial charge >= 0.3 is 0 Å². The molecule has 0 bridgehead atoms. The first kappa shape index (κ1) is 18.2. The van der Waals surface area contributed by atoms with Crippen LogP contribution in [0.1, 0.15) is 45.4 Å². The Morgan fingerprint density at radius 1 is 1.12 bits per heavy atom. The third-order valence-corrected chi connectivity index (χ3v) is 6.01. The van der Waals surface area contributed by atoms with Crippen molar-refractivity contribution in [3.05, 3.63) is 0 Å². The lowest BCUT2D eigenvalue weighted by Gasteiger charge is -2.35. The highest BCUT2D eigenvalue weighted by atomic mass is 16.5. The Bertz CT molecular complexity index is 390. The van der Waals surface area contributed by atoms with E-state index >= 15 is 0 Å². The van der Waals surface area contributed by atoms with Gasteiger partial charge in [-0.1, -0.05) is 19.8 Å². The van der Waals surface area contributed by atoms with Gasteiger partial charge in [-0.05, 0) is 44.1 Å². The monoisotopic (exact) mass is 337 g/mol. The summed E-state index contributed by atoms with van der Waals surface area (Å²) >= 11 is 0. The van der Waals surface area contributed by atoms with E-state index < -0.39 is 0 Å². The number of ether oxygens (including phenoxy) is 1. The summed E-state index contributed by atoms with van der Waals surface area (Å²) in [6.45, 7) is 10.2. The molecular formula is C19H35N3O2. The molecule has 1 aliphatic carbocycles. The summed E-state index contributed by atoms with van der Waals surface area (Å²) in [6, 6.07) is 0.413. The van der Waals surface area contributed by atoms with E-state index in [1.54, 1.807) is 0 Å². The van der Waals surface area contributed by atoms with E-state index in [2.05, 4.69) is 22.0 Å². The number of nitrogens with zero attached hydrogens (tertiary/aromatic N) is 2. The summed E-state index contributed by atoms with van der Waals surface area (Å²) in [4.78, 5) is 17.2. The van der Waals surface area contributed by atoms with Crippen molar-refractivity contribution in [1.82, 2.24) is 15.1 Å². The van der Waals surface area contributed by atoms with Crippen LogP contribution in [-0.2, 0) is 9.53 Å². The SMILES string of the molecule is CC1CCCC(NC(=O)CN2CCN(CCC3CCOC3)CC2)C1. The first-order valence-corrected chi connectivity index (χ1v) is 10.0. The number of hydrogen-bond donors (Lipinski definition) is 1. The van der Waals surface area contributed by atoms with Crippen LogP contribution in [0.4, 0.5) is 0 Å². The van der Waals surface area contributed by atoms with Gasteiger partial charge in [0, 0.05) is 45.4 Å².